The van der Waals surface area contributed by atoms with E-state index in [1.165, 1.54) is 24.3 Å². The molecule has 27 heavy (non-hydrogen) atoms. The summed E-state index contributed by atoms with van der Waals surface area (Å²) in [6, 6.07) is 13.6. The Labute approximate surface area is 157 Å². The number of nitrogens with zero attached hydrogens (tertiary/aromatic N) is 1. The highest BCUT2D eigenvalue weighted by molar-refractivity contribution is 7.98. The first kappa shape index (κ1) is 20.5. The van der Waals surface area contributed by atoms with E-state index in [1.807, 2.05) is 0 Å². The van der Waals surface area contributed by atoms with Gasteiger partial charge >= 0.3 is 0 Å². The maximum Gasteiger partial charge on any atom is 0.289 e. The minimum Gasteiger partial charge on any atom is -0.258 e. The minimum atomic E-state index is -4.44. The van der Waals surface area contributed by atoms with Crippen LogP contribution in [0.2, 0.25) is 0 Å². The number of benzene rings is 2. The van der Waals surface area contributed by atoms with Crippen LogP contribution in [-0.2, 0) is 19.7 Å². The van der Waals surface area contributed by atoms with Gasteiger partial charge in [-0.1, -0.05) is 42.5 Å². The zero-order chi connectivity index (χ0) is 20.2. The fraction of sp³-hybridized carbons (Fsp3) is 0.111. The molecule has 0 amide bonds. The predicted octanol–water partition coefficient (Wildman–Crippen LogP) is 2.97. The lowest BCUT2D eigenvalue weighted by atomic mass is 10.1. The molecule has 0 saturated carbocycles. The van der Waals surface area contributed by atoms with Gasteiger partial charge in [0, 0.05) is 12.3 Å². The van der Waals surface area contributed by atoms with E-state index in [4.69, 9.17) is 0 Å². The average molecular weight is 407 g/mol. The molecular weight excluding hydrogens is 390 g/mol. The quantitative estimate of drug-likeness (QED) is 0.413. The molecule has 2 aromatic rings. The summed E-state index contributed by atoms with van der Waals surface area (Å²) in [6.07, 6.45) is 1.84. The van der Waals surface area contributed by atoms with Crippen LogP contribution < -0.4 is 0 Å². The molecule has 0 spiro atoms. The molecule has 142 valence electrons. The van der Waals surface area contributed by atoms with Crippen LogP contribution in [0.25, 0.3) is 6.08 Å². The van der Waals surface area contributed by atoms with Gasteiger partial charge in [-0.2, -0.15) is 0 Å². The Morgan fingerprint density at radius 2 is 1.52 bits per heavy atom. The van der Waals surface area contributed by atoms with Crippen molar-refractivity contribution in [1.82, 2.24) is 0 Å². The van der Waals surface area contributed by atoms with Crippen LogP contribution in [0.1, 0.15) is 11.1 Å². The number of hydrogen-bond acceptors (Lipinski definition) is 6. The van der Waals surface area contributed by atoms with Crippen LogP contribution in [-0.4, -0.2) is 28.0 Å². The molecule has 0 bridgehead atoms. The summed E-state index contributed by atoms with van der Waals surface area (Å²) in [7, 11) is -8.42. The molecular formula is C18H17NO6S2. The number of sulfone groups is 2. The summed E-state index contributed by atoms with van der Waals surface area (Å²) < 4.78 is 49.5. The number of hydrogen-bond donors (Lipinski definition) is 0. The summed E-state index contributed by atoms with van der Waals surface area (Å²) in [6.45, 7) is 1.70. The highest BCUT2D eigenvalue weighted by Crippen LogP contribution is 2.28. The van der Waals surface area contributed by atoms with Crippen molar-refractivity contribution in [3.05, 3.63) is 91.8 Å². The summed E-state index contributed by atoms with van der Waals surface area (Å²) in [5.74, 6) is 0. The molecule has 0 heterocycles. The molecule has 2 aromatic carbocycles. The second-order valence-corrected chi connectivity index (χ2v) is 9.58. The van der Waals surface area contributed by atoms with Crippen molar-refractivity contribution in [2.24, 2.45) is 0 Å². The fourth-order valence-electron chi connectivity index (χ4n) is 2.29. The van der Waals surface area contributed by atoms with Gasteiger partial charge in [0.1, 0.15) is 0 Å². The van der Waals surface area contributed by atoms with Crippen LogP contribution in [0.15, 0.2) is 75.5 Å². The first-order chi connectivity index (χ1) is 12.5. The summed E-state index contributed by atoms with van der Waals surface area (Å²) in [5, 5.41) is 12.1. The van der Waals surface area contributed by atoms with Crippen molar-refractivity contribution in [3.63, 3.8) is 0 Å². The maximum absolute atomic E-state index is 13.0. The second-order valence-electron chi connectivity index (χ2n) is 5.77. The molecule has 0 aliphatic heterocycles. The van der Waals surface area contributed by atoms with Crippen LogP contribution in [0.3, 0.4) is 0 Å². The van der Waals surface area contributed by atoms with Gasteiger partial charge in [-0.15, -0.1) is 0 Å². The standard InChI is InChI=1S/C18H17NO6S2/c1-14-8-6-7-9-15(14)12-17(19(20)21)18(13-26(2,22)23)27(24,25)16-10-4-3-5-11-16/h3-13H,1-2H3/b17-12+,18-13+. The average Bonchev–Trinajstić information content (AvgIpc) is 2.59. The van der Waals surface area contributed by atoms with Gasteiger partial charge in [0.25, 0.3) is 5.70 Å². The molecule has 0 aromatic heterocycles. The van der Waals surface area contributed by atoms with E-state index in [9.17, 15) is 26.9 Å². The molecule has 0 saturated heterocycles. The lowest BCUT2D eigenvalue weighted by Crippen LogP contribution is -2.14. The van der Waals surface area contributed by atoms with Crippen molar-refractivity contribution in [2.75, 3.05) is 6.26 Å². The molecule has 0 aliphatic carbocycles. The van der Waals surface area contributed by atoms with Gasteiger partial charge in [0.05, 0.1) is 15.2 Å². The number of aryl methyl sites for hydroxylation is 1. The smallest absolute Gasteiger partial charge is 0.258 e. The normalized spacial score (nSPS) is 13.4. The third-order valence-corrected chi connectivity index (χ3v) is 6.21. The van der Waals surface area contributed by atoms with Gasteiger partial charge in [0.2, 0.25) is 9.84 Å². The van der Waals surface area contributed by atoms with Gasteiger partial charge in [-0.05, 0) is 30.2 Å². The zero-order valence-electron chi connectivity index (χ0n) is 14.6. The highest BCUT2D eigenvalue weighted by atomic mass is 32.2. The van der Waals surface area contributed by atoms with Crippen molar-refractivity contribution < 1.29 is 21.8 Å². The maximum atomic E-state index is 13.0. The van der Waals surface area contributed by atoms with E-state index >= 15 is 0 Å². The predicted molar refractivity (Wildman–Crippen MR) is 103 cm³/mol. The van der Waals surface area contributed by atoms with Crippen molar-refractivity contribution in [3.8, 4) is 0 Å². The molecule has 0 aliphatic rings. The lowest BCUT2D eigenvalue weighted by Gasteiger charge is -2.08. The third-order valence-electron chi connectivity index (χ3n) is 3.59. The van der Waals surface area contributed by atoms with E-state index in [0.29, 0.717) is 16.5 Å². The van der Waals surface area contributed by atoms with Crippen molar-refractivity contribution in [1.29, 1.82) is 0 Å². The zero-order valence-corrected chi connectivity index (χ0v) is 16.2. The molecule has 0 fully saturated rings. The van der Waals surface area contributed by atoms with Crippen LogP contribution in [0.5, 0.6) is 0 Å². The van der Waals surface area contributed by atoms with Crippen molar-refractivity contribution in [2.45, 2.75) is 11.8 Å². The Kier molecular flexibility index (Phi) is 5.97. The van der Waals surface area contributed by atoms with E-state index in [-0.39, 0.29) is 4.90 Å². The Bertz CT molecular complexity index is 1130. The Morgan fingerprint density at radius 1 is 0.963 bits per heavy atom. The number of rotatable bonds is 6. The van der Waals surface area contributed by atoms with E-state index in [2.05, 4.69) is 0 Å². The van der Waals surface area contributed by atoms with Crippen LogP contribution in [0.4, 0.5) is 0 Å². The summed E-state index contributed by atoms with van der Waals surface area (Å²) >= 11 is 0. The van der Waals surface area contributed by atoms with E-state index in [0.717, 1.165) is 12.3 Å². The van der Waals surface area contributed by atoms with Crippen molar-refractivity contribution >= 4 is 25.8 Å². The first-order valence-electron chi connectivity index (χ1n) is 7.66. The summed E-state index contributed by atoms with van der Waals surface area (Å²) in [5.41, 5.74) is 0.262. The Morgan fingerprint density at radius 3 is 2.04 bits per heavy atom. The van der Waals surface area contributed by atoms with E-state index in [1.54, 1.807) is 37.3 Å². The molecule has 9 heteroatoms. The molecule has 2 rings (SSSR count). The van der Waals surface area contributed by atoms with Gasteiger partial charge in [-0.3, -0.25) is 10.1 Å². The van der Waals surface area contributed by atoms with Gasteiger partial charge < -0.3 is 0 Å². The molecule has 0 radical (unpaired) electrons. The monoisotopic (exact) mass is 407 g/mol. The Balaban J connectivity index is 2.82. The molecule has 7 nitrogen and oxygen atoms in total. The number of nitro groups is 1. The van der Waals surface area contributed by atoms with Gasteiger partial charge in [0.15, 0.2) is 14.7 Å². The molecule has 0 N–H and O–H groups in total. The Hall–Kier alpha value is -2.78. The van der Waals surface area contributed by atoms with Crippen LogP contribution in [0, 0.1) is 17.0 Å². The first-order valence-corrected chi connectivity index (χ1v) is 11.1. The summed E-state index contributed by atoms with van der Waals surface area (Å²) in [4.78, 5) is 9.64. The van der Waals surface area contributed by atoms with Gasteiger partial charge in [-0.25, -0.2) is 16.8 Å². The SMILES string of the molecule is Cc1ccccc1/C=C(\C(=C/S(C)(=O)=O)S(=O)(=O)c1ccccc1)[N+](=O)[O-]. The topological polar surface area (TPSA) is 111 Å². The third kappa shape index (κ3) is 5.11. The molecule has 0 unspecified atom stereocenters. The van der Waals surface area contributed by atoms with E-state index < -0.39 is 35.2 Å². The fourth-order valence-corrected chi connectivity index (χ4v) is 5.01. The minimum absolute atomic E-state index is 0.238. The second kappa shape index (κ2) is 7.85. The lowest BCUT2D eigenvalue weighted by molar-refractivity contribution is -0.418. The largest absolute Gasteiger partial charge is 0.289 e. The molecule has 0 atom stereocenters. The van der Waals surface area contributed by atoms with Crippen LogP contribution >= 0.6 is 0 Å². The highest BCUT2D eigenvalue weighted by Gasteiger charge is 2.33.